The van der Waals surface area contributed by atoms with Gasteiger partial charge in [-0.05, 0) is 43.4 Å². The van der Waals surface area contributed by atoms with Crippen LogP contribution in [0.5, 0.6) is 0 Å². The molecule has 6 nitrogen and oxygen atoms in total. The molecule has 0 unspecified atom stereocenters. The third kappa shape index (κ3) is 3.67. The first-order valence-electron chi connectivity index (χ1n) is 6.68. The van der Waals surface area contributed by atoms with Crippen molar-refractivity contribution in [3.63, 3.8) is 0 Å². The van der Waals surface area contributed by atoms with Gasteiger partial charge in [0, 0.05) is 16.8 Å². The number of aliphatic hydroxyl groups is 1. The van der Waals surface area contributed by atoms with E-state index in [0.29, 0.717) is 16.6 Å². The molecule has 0 spiro atoms. The van der Waals surface area contributed by atoms with Gasteiger partial charge in [-0.25, -0.2) is 4.98 Å². The van der Waals surface area contributed by atoms with Gasteiger partial charge in [-0.2, -0.15) is 0 Å². The number of primary amides is 1. The summed E-state index contributed by atoms with van der Waals surface area (Å²) in [5, 5.41) is 9.71. The summed E-state index contributed by atoms with van der Waals surface area (Å²) in [6.45, 7) is 1.68. The van der Waals surface area contributed by atoms with Crippen LogP contribution < -0.4 is 11.5 Å². The van der Waals surface area contributed by atoms with E-state index in [1.54, 1.807) is 31.3 Å². The fourth-order valence-electron chi connectivity index (χ4n) is 1.92. The minimum absolute atomic E-state index is 0.0263. The van der Waals surface area contributed by atoms with E-state index in [1.807, 2.05) is 0 Å². The molecular weight excluding hydrogens is 316 g/mol. The van der Waals surface area contributed by atoms with Crippen molar-refractivity contribution in [2.24, 2.45) is 5.73 Å². The number of halogens is 1. The number of fused-ring (bicyclic) bond motifs is 1. The number of pyridine rings is 2. The zero-order chi connectivity index (χ0) is 17.0. The summed E-state index contributed by atoms with van der Waals surface area (Å²) >= 11 is 6.02. The molecule has 0 saturated carbocycles. The fourth-order valence-corrected chi connectivity index (χ4v) is 2.10. The van der Waals surface area contributed by atoms with E-state index in [9.17, 15) is 9.90 Å². The maximum absolute atomic E-state index is 11.5. The summed E-state index contributed by atoms with van der Waals surface area (Å²) in [5.74, 6) is -0.695. The molecule has 0 fully saturated rings. The van der Waals surface area contributed by atoms with Gasteiger partial charge in [0.1, 0.15) is 5.76 Å². The Morgan fingerprint density at radius 1 is 1.43 bits per heavy atom. The Hall–Kier alpha value is -2.86. The maximum atomic E-state index is 11.5. The molecule has 2 rings (SSSR count). The van der Waals surface area contributed by atoms with Gasteiger partial charge in [0.25, 0.3) is 5.91 Å². The van der Waals surface area contributed by atoms with Crippen LogP contribution in [0.1, 0.15) is 23.0 Å². The summed E-state index contributed by atoms with van der Waals surface area (Å²) in [6, 6.07) is 3.40. The first-order chi connectivity index (χ1) is 10.9. The maximum Gasteiger partial charge on any atom is 0.269 e. The molecule has 7 heteroatoms. The lowest BCUT2D eigenvalue weighted by Gasteiger charge is -2.08. The molecule has 0 saturated heterocycles. The highest BCUT2D eigenvalue weighted by molar-refractivity contribution is 6.31. The zero-order valence-corrected chi connectivity index (χ0v) is 13.1. The Kier molecular flexibility index (Phi) is 4.98. The van der Waals surface area contributed by atoms with Crippen molar-refractivity contribution in [1.29, 1.82) is 0 Å². The predicted molar refractivity (Wildman–Crippen MR) is 91.8 cm³/mol. The van der Waals surface area contributed by atoms with E-state index in [-0.39, 0.29) is 22.2 Å². The van der Waals surface area contributed by atoms with Crippen LogP contribution in [0.3, 0.4) is 0 Å². The monoisotopic (exact) mass is 330 g/mol. The molecule has 0 atom stereocenters. The van der Waals surface area contributed by atoms with E-state index in [0.717, 1.165) is 0 Å². The number of nitrogen functional groups attached to an aromatic ring is 1. The zero-order valence-electron chi connectivity index (χ0n) is 12.3. The van der Waals surface area contributed by atoms with Crippen LogP contribution >= 0.6 is 11.6 Å². The number of anilines is 1. The number of aliphatic hydroxyl groups excluding tert-OH is 1. The third-order valence-electron chi connectivity index (χ3n) is 3.04. The van der Waals surface area contributed by atoms with Crippen LogP contribution in [-0.2, 0) is 0 Å². The van der Waals surface area contributed by atoms with E-state index in [1.165, 1.54) is 18.2 Å². The van der Waals surface area contributed by atoms with Gasteiger partial charge in [-0.3, -0.25) is 9.78 Å². The van der Waals surface area contributed by atoms with Crippen LogP contribution in [0.25, 0.3) is 17.1 Å². The minimum Gasteiger partial charge on any atom is -0.508 e. The molecule has 2 aromatic rings. The number of allylic oxidation sites excluding steroid dienone is 4. The van der Waals surface area contributed by atoms with Crippen LogP contribution in [0, 0.1) is 0 Å². The predicted octanol–water partition coefficient (Wildman–Crippen LogP) is 2.91. The molecule has 0 aliphatic rings. The number of amides is 1. The van der Waals surface area contributed by atoms with E-state index >= 15 is 0 Å². The Morgan fingerprint density at radius 2 is 2.17 bits per heavy atom. The average molecular weight is 331 g/mol. The lowest BCUT2D eigenvalue weighted by atomic mass is 10.1. The SMILES string of the molecule is C/C=C(O)/C=C(Cl)\C=C\c1c(N)c(C(N)=O)nc2cccnc12. The number of nitrogens with two attached hydrogens (primary N) is 2. The standard InChI is InChI=1S/C16H15ClN4O2/c1-2-10(22)8-9(17)5-6-11-13(18)15(16(19)23)21-12-4-3-7-20-14(11)12/h2-8,22H,18H2,1H3,(H2,19,23)/b6-5+,9-8+,10-2-. The molecule has 118 valence electrons. The van der Waals surface area contributed by atoms with Crippen molar-refractivity contribution < 1.29 is 9.90 Å². The van der Waals surface area contributed by atoms with Gasteiger partial charge in [0.15, 0.2) is 5.69 Å². The minimum atomic E-state index is -0.726. The number of carbonyl (C=O) groups is 1. The smallest absolute Gasteiger partial charge is 0.269 e. The Bertz CT molecular complexity index is 857. The van der Waals surface area contributed by atoms with Crippen molar-refractivity contribution in [1.82, 2.24) is 9.97 Å². The number of aromatic nitrogens is 2. The molecule has 23 heavy (non-hydrogen) atoms. The Morgan fingerprint density at radius 3 is 2.83 bits per heavy atom. The molecule has 0 aliphatic carbocycles. The lowest BCUT2D eigenvalue weighted by molar-refractivity contribution is 0.0997. The number of nitrogens with zero attached hydrogens (tertiary/aromatic N) is 2. The van der Waals surface area contributed by atoms with Gasteiger partial charge in [0.05, 0.1) is 16.7 Å². The highest BCUT2D eigenvalue weighted by Gasteiger charge is 2.15. The van der Waals surface area contributed by atoms with Crippen molar-refractivity contribution in [3.8, 4) is 0 Å². The number of hydrogen-bond donors (Lipinski definition) is 3. The molecule has 0 radical (unpaired) electrons. The summed E-state index contributed by atoms with van der Waals surface area (Å²) in [5.41, 5.74) is 12.9. The summed E-state index contributed by atoms with van der Waals surface area (Å²) in [6.07, 6.45) is 7.60. The molecule has 0 aliphatic heterocycles. The lowest BCUT2D eigenvalue weighted by Crippen LogP contribution is -2.16. The van der Waals surface area contributed by atoms with Crippen molar-refractivity contribution >= 4 is 40.3 Å². The average Bonchev–Trinajstić information content (AvgIpc) is 2.53. The molecule has 0 aromatic carbocycles. The van der Waals surface area contributed by atoms with Gasteiger partial charge in [-0.1, -0.05) is 11.6 Å². The Balaban J connectivity index is 2.61. The quantitative estimate of drug-likeness (QED) is 0.589. The fraction of sp³-hybridized carbons (Fsp3) is 0.0625. The molecule has 2 heterocycles. The van der Waals surface area contributed by atoms with Crippen LogP contribution in [0.4, 0.5) is 5.69 Å². The van der Waals surface area contributed by atoms with Crippen molar-refractivity contribution in [2.75, 3.05) is 5.73 Å². The van der Waals surface area contributed by atoms with E-state index in [2.05, 4.69) is 9.97 Å². The summed E-state index contributed by atoms with van der Waals surface area (Å²) < 4.78 is 0. The van der Waals surface area contributed by atoms with Crippen molar-refractivity contribution in [2.45, 2.75) is 6.92 Å². The second-order valence-corrected chi connectivity index (χ2v) is 5.04. The molecular formula is C16H15ClN4O2. The number of hydrogen-bond acceptors (Lipinski definition) is 5. The summed E-state index contributed by atoms with van der Waals surface area (Å²) in [4.78, 5) is 19.9. The molecule has 1 amide bonds. The van der Waals surface area contributed by atoms with Crippen LogP contribution in [0.15, 0.2) is 47.3 Å². The topological polar surface area (TPSA) is 115 Å². The highest BCUT2D eigenvalue weighted by Crippen LogP contribution is 2.26. The van der Waals surface area contributed by atoms with E-state index in [4.69, 9.17) is 23.1 Å². The Labute approximate surface area is 137 Å². The third-order valence-corrected chi connectivity index (χ3v) is 3.28. The second kappa shape index (κ2) is 6.93. The second-order valence-electron chi connectivity index (χ2n) is 4.60. The molecule has 0 bridgehead atoms. The summed E-state index contributed by atoms with van der Waals surface area (Å²) in [7, 11) is 0. The largest absolute Gasteiger partial charge is 0.508 e. The van der Waals surface area contributed by atoms with Crippen LogP contribution in [-0.4, -0.2) is 21.0 Å². The first-order valence-corrected chi connectivity index (χ1v) is 7.06. The van der Waals surface area contributed by atoms with E-state index < -0.39 is 5.91 Å². The number of carbonyl (C=O) groups excluding carboxylic acids is 1. The van der Waals surface area contributed by atoms with Gasteiger partial charge >= 0.3 is 0 Å². The highest BCUT2D eigenvalue weighted by atomic mass is 35.5. The van der Waals surface area contributed by atoms with Crippen molar-refractivity contribution in [3.05, 3.63) is 58.6 Å². The van der Waals surface area contributed by atoms with Gasteiger partial charge < -0.3 is 16.6 Å². The van der Waals surface area contributed by atoms with Gasteiger partial charge in [0.2, 0.25) is 0 Å². The number of rotatable bonds is 4. The molecule has 5 N–H and O–H groups in total. The first kappa shape index (κ1) is 16.5. The van der Waals surface area contributed by atoms with Crippen LogP contribution in [0.2, 0.25) is 0 Å². The molecule has 2 aromatic heterocycles. The van der Waals surface area contributed by atoms with Gasteiger partial charge in [-0.15, -0.1) is 0 Å². The normalized spacial score (nSPS) is 13.0.